The summed E-state index contributed by atoms with van der Waals surface area (Å²) in [6, 6.07) is 5.42. The van der Waals surface area contributed by atoms with Crippen LogP contribution in [-0.4, -0.2) is 49.5 Å². The van der Waals surface area contributed by atoms with Crippen LogP contribution in [0.1, 0.15) is 43.9 Å². The predicted octanol–water partition coefficient (Wildman–Crippen LogP) is 6.02. The Morgan fingerprint density at radius 1 is 1.11 bits per heavy atom. The van der Waals surface area contributed by atoms with Crippen LogP contribution in [0.4, 0.5) is 26.7 Å². The van der Waals surface area contributed by atoms with Crippen molar-refractivity contribution < 1.29 is 36.2 Å². The van der Waals surface area contributed by atoms with E-state index in [2.05, 4.69) is 15.0 Å². The molecule has 2 aromatic carbocycles. The normalized spacial score (nSPS) is 26.0. The quantitative estimate of drug-likeness (QED) is 0.487. The summed E-state index contributed by atoms with van der Waals surface area (Å²) in [5, 5.41) is 2.93. The molecular formula is C27H29F5N2O3. The molecule has 0 radical (unpaired) electrons. The molecule has 1 aliphatic carbocycles. The minimum atomic E-state index is -4.59. The van der Waals surface area contributed by atoms with E-state index in [1.165, 1.54) is 12.1 Å². The lowest BCUT2D eigenvalue weighted by Crippen LogP contribution is -2.53. The number of fused-ring (bicyclic) bond motifs is 4. The first kappa shape index (κ1) is 25.8. The van der Waals surface area contributed by atoms with Gasteiger partial charge in [-0.05, 0) is 84.6 Å². The van der Waals surface area contributed by atoms with Crippen LogP contribution in [0, 0.1) is 23.0 Å². The van der Waals surface area contributed by atoms with Crippen LogP contribution in [-0.2, 0) is 11.2 Å². The van der Waals surface area contributed by atoms with Crippen molar-refractivity contribution in [2.75, 3.05) is 26.2 Å². The van der Waals surface area contributed by atoms with E-state index >= 15 is 4.39 Å². The monoisotopic (exact) mass is 524 g/mol. The Morgan fingerprint density at radius 3 is 2.49 bits per heavy atom. The van der Waals surface area contributed by atoms with Gasteiger partial charge in [0.25, 0.3) is 0 Å². The number of benzene rings is 2. The van der Waals surface area contributed by atoms with Crippen LogP contribution in [0.2, 0.25) is 0 Å². The van der Waals surface area contributed by atoms with Gasteiger partial charge in [-0.2, -0.15) is 13.2 Å². The van der Waals surface area contributed by atoms with Crippen molar-refractivity contribution in [3.8, 4) is 16.9 Å². The summed E-state index contributed by atoms with van der Waals surface area (Å²) >= 11 is 0. The molecule has 3 fully saturated rings. The molecule has 10 heteroatoms. The van der Waals surface area contributed by atoms with Gasteiger partial charge in [-0.3, -0.25) is 4.90 Å². The van der Waals surface area contributed by atoms with E-state index in [1.54, 1.807) is 6.07 Å². The number of halogens is 5. The highest BCUT2D eigenvalue weighted by atomic mass is 19.4. The standard InChI is InChI=1S/C27H29F5N2O3/c1-26(2)12-17-9-20(16-7-18(28)10-19(8-16)36-14-27(30,31)32)22(29)11-21(17)24(26)33-25(35)37-23-13-34-5-3-15(23)4-6-34/h7-11,15,23-24H,3-6,12-14H2,1-2H3,(H,33,35)/t23-,24+/m1/s1. The number of hydrogen-bond donors (Lipinski definition) is 1. The number of rotatable bonds is 5. The van der Waals surface area contributed by atoms with Gasteiger partial charge in [0, 0.05) is 18.2 Å². The molecule has 2 aromatic rings. The third-order valence-electron chi connectivity index (χ3n) is 7.67. The fourth-order valence-corrected chi connectivity index (χ4v) is 5.86. The largest absolute Gasteiger partial charge is 0.484 e. The number of piperidine rings is 3. The maximum atomic E-state index is 15.3. The fraction of sp³-hybridized carbons (Fsp3) is 0.519. The van der Waals surface area contributed by atoms with Gasteiger partial charge in [-0.1, -0.05) is 13.8 Å². The topological polar surface area (TPSA) is 50.8 Å². The second-order valence-corrected chi connectivity index (χ2v) is 10.9. The highest BCUT2D eigenvalue weighted by Gasteiger charge is 2.42. The zero-order valence-electron chi connectivity index (χ0n) is 20.6. The van der Waals surface area contributed by atoms with Crippen molar-refractivity contribution in [2.45, 2.75) is 51.4 Å². The van der Waals surface area contributed by atoms with Crippen LogP contribution in [0.5, 0.6) is 5.75 Å². The van der Waals surface area contributed by atoms with Crippen LogP contribution in [0.3, 0.4) is 0 Å². The molecule has 0 spiro atoms. The van der Waals surface area contributed by atoms with Gasteiger partial charge in [0.15, 0.2) is 6.61 Å². The van der Waals surface area contributed by atoms with Crippen molar-refractivity contribution in [3.05, 3.63) is 53.1 Å². The minimum Gasteiger partial charge on any atom is -0.484 e. The number of nitrogens with zero attached hydrogens (tertiary/aromatic N) is 1. The Balaban J connectivity index is 1.36. The van der Waals surface area contributed by atoms with Crippen molar-refractivity contribution in [2.24, 2.45) is 11.3 Å². The average molecular weight is 525 g/mol. The summed E-state index contributed by atoms with van der Waals surface area (Å²) < 4.78 is 77.5. The van der Waals surface area contributed by atoms with E-state index in [4.69, 9.17) is 4.74 Å². The molecule has 37 heavy (non-hydrogen) atoms. The molecule has 0 unspecified atom stereocenters. The predicted molar refractivity (Wildman–Crippen MR) is 126 cm³/mol. The fourth-order valence-electron chi connectivity index (χ4n) is 5.86. The van der Waals surface area contributed by atoms with Gasteiger partial charge in [0.05, 0.1) is 6.04 Å². The number of hydrogen-bond acceptors (Lipinski definition) is 4. The summed E-state index contributed by atoms with van der Waals surface area (Å²) in [6.45, 7) is 5.10. The van der Waals surface area contributed by atoms with E-state index in [0.29, 0.717) is 17.9 Å². The third kappa shape index (κ3) is 5.54. The first-order valence-electron chi connectivity index (χ1n) is 12.4. The van der Waals surface area contributed by atoms with Crippen molar-refractivity contribution in [3.63, 3.8) is 0 Å². The zero-order chi connectivity index (χ0) is 26.5. The molecule has 0 aromatic heterocycles. The SMILES string of the molecule is CC1(C)Cc2cc(-c3cc(F)cc(OCC(F)(F)F)c3)c(F)cc2[C@@H]1NC(=O)O[C@@H]1CN2CCC1CC2. The molecule has 0 saturated carbocycles. The van der Waals surface area contributed by atoms with Crippen molar-refractivity contribution in [1.82, 2.24) is 10.2 Å². The molecule has 6 rings (SSSR count). The van der Waals surface area contributed by atoms with E-state index in [-0.39, 0.29) is 23.0 Å². The first-order valence-corrected chi connectivity index (χ1v) is 12.4. The third-order valence-corrected chi connectivity index (χ3v) is 7.67. The van der Waals surface area contributed by atoms with Crippen LogP contribution < -0.4 is 10.1 Å². The second kappa shape index (κ2) is 9.45. The Labute approximate surface area is 211 Å². The van der Waals surface area contributed by atoms with Crippen LogP contribution >= 0.6 is 0 Å². The van der Waals surface area contributed by atoms with Gasteiger partial charge < -0.3 is 14.8 Å². The Hall–Kier alpha value is -2.88. The Kier molecular flexibility index (Phi) is 6.58. The minimum absolute atomic E-state index is 0.0430. The maximum Gasteiger partial charge on any atom is 0.422 e. The van der Waals surface area contributed by atoms with E-state index in [1.807, 2.05) is 13.8 Å². The smallest absolute Gasteiger partial charge is 0.422 e. The lowest BCUT2D eigenvalue weighted by molar-refractivity contribution is -0.153. The lowest BCUT2D eigenvalue weighted by atomic mass is 9.85. The molecule has 3 heterocycles. The highest BCUT2D eigenvalue weighted by Crippen LogP contribution is 2.47. The van der Waals surface area contributed by atoms with Gasteiger partial charge in [0.2, 0.25) is 0 Å². The summed E-state index contributed by atoms with van der Waals surface area (Å²) in [4.78, 5) is 15.1. The van der Waals surface area contributed by atoms with Crippen molar-refractivity contribution >= 4 is 6.09 Å². The molecule has 3 aliphatic heterocycles. The van der Waals surface area contributed by atoms with E-state index < -0.39 is 42.0 Å². The maximum absolute atomic E-state index is 15.3. The number of nitrogens with one attached hydrogen (secondary N) is 1. The van der Waals surface area contributed by atoms with Gasteiger partial charge in [-0.15, -0.1) is 0 Å². The number of alkyl carbamates (subject to hydrolysis) is 1. The Bertz CT molecular complexity index is 1190. The summed E-state index contributed by atoms with van der Waals surface area (Å²) in [5.41, 5.74) is 1.01. The molecule has 1 N–H and O–H groups in total. The summed E-state index contributed by atoms with van der Waals surface area (Å²) in [7, 11) is 0. The average Bonchev–Trinajstić information content (AvgIpc) is 3.06. The van der Waals surface area contributed by atoms with E-state index in [0.717, 1.165) is 50.2 Å². The van der Waals surface area contributed by atoms with Gasteiger partial charge >= 0.3 is 12.3 Å². The molecule has 2 bridgehead atoms. The molecule has 1 amide bonds. The molecule has 4 aliphatic rings. The first-order chi connectivity index (χ1) is 17.4. The summed E-state index contributed by atoms with van der Waals surface area (Å²) in [6.07, 6.45) is -2.76. The number of alkyl halides is 3. The Morgan fingerprint density at radius 2 is 1.84 bits per heavy atom. The number of carbonyl (C=O) groups is 1. The summed E-state index contributed by atoms with van der Waals surface area (Å²) in [5.74, 6) is -1.51. The molecule has 2 atom stereocenters. The van der Waals surface area contributed by atoms with Crippen molar-refractivity contribution in [1.29, 1.82) is 0 Å². The molecular weight excluding hydrogens is 495 g/mol. The lowest BCUT2D eigenvalue weighted by Gasteiger charge is -2.44. The van der Waals surface area contributed by atoms with Crippen LogP contribution in [0.25, 0.3) is 11.1 Å². The zero-order valence-corrected chi connectivity index (χ0v) is 20.6. The van der Waals surface area contributed by atoms with E-state index in [9.17, 15) is 22.4 Å². The molecule has 200 valence electrons. The number of carbonyl (C=O) groups excluding carboxylic acids is 1. The second-order valence-electron chi connectivity index (χ2n) is 10.9. The van der Waals surface area contributed by atoms with Gasteiger partial charge in [-0.25, -0.2) is 13.6 Å². The van der Waals surface area contributed by atoms with Crippen LogP contribution in [0.15, 0.2) is 30.3 Å². The highest BCUT2D eigenvalue weighted by molar-refractivity contribution is 5.71. The van der Waals surface area contributed by atoms with Gasteiger partial charge in [0.1, 0.15) is 23.5 Å². The molecule has 5 nitrogen and oxygen atoms in total. The molecule has 3 saturated heterocycles. The number of ether oxygens (including phenoxy) is 2. The number of amides is 1.